The number of carbonyl (C=O) groups excluding carboxylic acids is 4. The summed E-state index contributed by atoms with van der Waals surface area (Å²) < 4.78 is 9.71. The summed E-state index contributed by atoms with van der Waals surface area (Å²) in [6, 6.07) is 5.48. The van der Waals surface area contributed by atoms with E-state index in [0.717, 1.165) is 0 Å². The van der Waals surface area contributed by atoms with Crippen molar-refractivity contribution in [3.63, 3.8) is 0 Å². The fourth-order valence-corrected chi connectivity index (χ4v) is 4.65. The van der Waals surface area contributed by atoms with Crippen LogP contribution in [0.25, 0.3) is 0 Å². The Hall–Kier alpha value is -2.55. The maximum atomic E-state index is 12.3. The van der Waals surface area contributed by atoms with Crippen molar-refractivity contribution in [2.75, 3.05) is 24.8 Å². The van der Waals surface area contributed by atoms with Crippen LogP contribution in [-0.4, -0.2) is 59.0 Å². The molecule has 2 saturated heterocycles. The third-order valence-electron chi connectivity index (χ3n) is 4.65. The van der Waals surface area contributed by atoms with Crippen molar-refractivity contribution >= 4 is 41.2 Å². The van der Waals surface area contributed by atoms with Gasteiger partial charge in [-0.05, 0) is 37.6 Å². The molecule has 0 aliphatic carbocycles. The Bertz CT molecular complexity index is 781. The number of anilines is 1. The second kappa shape index (κ2) is 7.59. The number of esters is 2. The highest BCUT2D eigenvalue weighted by Gasteiger charge is 2.53. The van der Waals surface area contributed by atoms with Crippen LogP contribution < -0.4 is 5.32 Å². The Balaban J connectivity index is 1.51. The fraction of sp³-hybridized carbons (Fsp3) is 0.444. The Labute approximate surface area is 160 Å². The first-order valence-corrected chi connectivity index (χ1v) is 9.43. The standard InChI is InChI=1S/C18H20N2O6S/c1-18-8-7-15(22)20(18)13(10-27-18)17(24)26-9-14(21)19-12-5-3-11(4-6-12)16(23)25-2/h3-6,13H,7-10H2,1-2H3,(H,19,21)/t13-,18+/m0/s1. The summed E-state index contributed by atoms with van der Waals surface area (Å²) in [5.41, 5.74) is 0.821. The van der Waals surface area contributed by atoms with Crippen LogP contribution in [0.5, 0.6) is 0 Å². The molecule has 2 aliphatic heterocycles. The maximum absolute atomic E-state index is 12.3. The molecule has 1 aromatic carbocycles. The third kappa shape index (κ3) is 3.92. The summed E-state index contributed by atoms with van der Waals surface area (Å²) in [5.74, 6) is -1.13. The molecule has 9 heteroatoms. The van der Waals surface area contributed by atoms with E-state index in [1.54, 1.807) is 28.8 Å². The molecule has 2 fully saturated rings. The Morgan fingerprint density at radius 2 is 2.00 bits per heavy atom. The number of methoxy groups -OCH3 is 1. The number of nitrogens with one attached hydrogen (secondary N) is 1. The molecule has 3 rings (SSSR count). The molecule has 144 valence electrons. The van der Waals surface area contributed by atoms with E-state index in [9.17, 15) is 19.2 Å². The van der Waals surface area contributed by atoms with E-state index in [1.807, 2.05) is 6.92 Å². The number of amides is 2. The minimum absolute atomic E-state index is 0.0559. The number of benzene rings is 1. The smallest absolute Gasteiger partial charge is 0.337 e. The van der Waals surface area contributed by atoms with Crippen LogP contribution in [-0.2, 0) is 23.9 Å². The van der Waals surface area contributed by atoms with Gasteiger partial charge in [-0.15, -0.1) is 11.8 Å². The monoisotopic (exact) mass is 392 g/mol. The largest absolute Gasteiger partial charge is 0.465 e. The number of rotatable bonds is 5. The Kier molecular flexibility index (Phi) is 5.41. The minimum Gasteiger partial charge on any atom is -0.465 e. The number of nitrogens with zero attached hydrogens (tertiary/aromatic N) is 1. The van der Waals surface area contributed by atoms with E-state index in [4.69, 9.17) is 4.74 Å². The van der Waals surface area contributed by atoms with Gasteiger partial charge in [0.15, 0.2) is 6.61 Å². The van der Waals surface area contributed by atoms with Crippen LogP contribution in [0.1, 0.15) is 30.1 Å². The zero-order valence-electron chi connectivity index (χ0n) is 15.0. The van der Waals surface area contributed by atoms with Crippen LogP contribution in [0.3, 0.4) is 0 Å². The molecule has 0 saturated carbocycles. The molecule has 0 spiro atoms. The van der Waals surface area contributed by atoms with E-state index in [0.29, 0.717) is 29.8 Å². The lowest BCUT2D eigenvalue weighted by Gasteiger charge is -2.29. The molecule has 0 aromatic heterocycles. The molecular formula is C18H20N2O6S. The zero-order valence-corrected chi connectivity index (χ0v) is 15.8. The van der Waals surface area contributed by atoms with Crippen molar-refractivity contribution in [3.05, 3.63) is 29.8 Å². The van der Waals surface area contributed by atoms with Gasteiger partial charge in [-0.2, -0.15) is 0 Å². The quantitative estimate of drug-likeness (QED) is 0.756. The van der Waals surface area contributed by atoms with Crippen molar-refractivity contribution in [1.82, 2.24) is 4.90 Å². The summed E-state index contributed by atoms with van der Waals surface area (Å²) in [7, 11) is 1.29. The van der Waals surface area contributed by atoms with Gasteiger partial charge >= 0.3 is 11.9 Å². The fourth-order valence-electron chi connectivity index (χ4n) is 3.23. The highest BCUT2D eigenvalue weighted by Crippen LogP contribution is 2.47. The molecular weight excluding hydrogens is 372 g/mol. The number of ether oxygens (including phenoxy) is 2. The summed E-state index contributed by atoms with van der Waals surface area (Å²) in [6.07, 6.45) is 1.14. The predicted octanol–water partition coefficient (Wildman–Crippen LogP) is 1.41. The van der Waals surface area contributed by atoms with Gasteiger partial charge in [-0.1, -0.05) is 0 Å². The number of hydrogen-bond acceptors (Lipinski definition) is 7. The number of thioether (sulfide) groups is 1. The van der Waals surface area contributed by atoms with Crippen LogP contribution in [0, 0.1) is 0 Å². The van der Waals surface area contributed by atoms with E-state index < -0.39 is 30.5 Å². The topological polar surface area (TPSA) is 102 Å². The Morgan fingerprint density at radius 1 is 1.30 bits per heavy atom. The molecule has 2 aliphatic rings. The lowest BCUT2D eigenvalue weighted by molar-refractivity contribution is -0.155. The van der Waals surface area contributed by atoms with Gasteiger partial charge in [0.05, 0.1) is 17.5 Å². The Morgan fingerprint density at radius 3 is 2.67 bits per heavy atom. The summed E-state index contributed by atoms with van der Waals surface area (Å²) in [6.45, 7) is 1.50. The second-order valence-electron chi connectivity index (χ2n) is 6.49. The maximum Gasteiger partial charge on any atom is 0.337 e. The predicted molar refractivity (Wildman–Crippen MR) is 98.1 cm³/mol. The van der Waals surface area contributed by atoms with Crippen molar-refractivity contribution < 1.29 is 28.7 Å². The molecule has 0 unspecified atom stereocenters. The highest BCUT2D eigenvalue weighted by molar-refractivity contribution is 8.01. The molecule has 2 atom stereocenters. The average Bonchev–Trinajstić information content (AvgIpc) is 3.15. The summed E-state index contributed by atoms with van der Waals surface area (Å²) >= 11 is 1.56. The molecule has 1 N–H and O–H groups in total. The molecule has 2 amide bonds. The first kappa shape index (κ1) is 19.2. The molecule has 0 radical (unpaired) electrons. The third-order valence-corrected chi connectivity index (χ3v) is 6.16. The van der Waals surface area contributed by atoms with Gasteiger partial charge in [0.25, 0.3) is 5.91 Å². The van der Waals surface area contributed by atoms with Crippen molar-refractivity contribution in [3.8, 4) is 0 Å². The molecule has 8 nitrogen and oxygen atoms in total. The minimum atomic E-state index is -0.651. The molecule has 27 heavy (non-hydrogen) atoms. The van der Waals surface area contributed by atoms with Gasteiger partial charge in [0.1, 0.15) is 6.04 Å². The zero-order chi connectivity index (χ0) is 19.6. The highest BCUT2D eigenvalue weighted by atomic mass is 32.2. The molecule has 2 heterocycles. The second-order valence-corrected chi connectivity index (χ2v) is 7.99. The van der Waals surface area contributed by atoms with Gasteiger partial charge in [-0.3, -0.25) is 9.59 Å². The van der Waals surface area contributed by atoms with Gasteiger partial charge in [-0.25, -0.2) is 9.59 Å². The van der Waals surface area contributed by atoms with Crippen LogP contribution >= 0.6 is 11.8 Å². The normalized spacial score (nSPS) is 23.7. The summed E-state index contributed by atoms with van der Waals surface area (Å²) in [4.78, 5) is 49.0. The number of carbonyl (C=O) groups is 4. The average molecular weight is 392 g/mol. The number of fused-ring (bicyclic) bond motifs is 1. The first-order chi connectivity index (χ1) is 12.8. The van der Waals surface area contributed by atoms with Crippen molar-refractivity contribution in [2.24, 2.45) is 0 Å². The van der Waals surface area contributed by atoms with E-state index in [2.05, 4.69) is 10.1 Å². The van der Waals surface area contributed by atoms with Gasteiger partial charge in [0.2, 0.25) is 5.91 Å². The molecule has 1 aromatic rings. The number of hydrogen-bond donors (Lipinski definition) is 1. The lowest BCUT2D eigenvalue weighted by Crippen LogP contribution is -2.47. The van der Waals surface area contributed by atoms with E-state index >= 15 is 0 Å². The van der Waals surface area contributed by atoms with E-state index in [1.165, 1.54) is 19.2 Å². The van der Waals surface area contributed by atoms with Gasteiger partial charge in [0, 0.05) is 17.9 Å². The summed E-state index contributed by atoms with van der Waals surface area (Å²) in [5, 5.41) is 2.58. The SMILES string of the molecule is COC(=O)c1ccc(NC(=O)COC(=O)[C@@H]2CS[C@]3(C)CCC(=O)N23)cc1. The van der Waals surface area contributed by atoms with Crippen LogP contribution in [0.15, 0.2) is 24.3 Å². The first-order valence-electron chi connectivity index (χ1n) is 8.45. The van der Waals surface area contributed by atoms with Crippen LogP contribution in [0.4, 0.5) is 5.69 Å². The van der Waals surface area contributed by atoms with Crippen LogP contribution in [0.2, 0.25) is 0 Å². The molecule has 0 bridgehead atoms. The van der Waals surface area contributed by atoms with Crippen molar-refractivity contribution in [2.45, 2.75) is 30.7 Å². The lowest BCUT2D eigenvalue weighted by atomic mass is 10.2. The van der Waals surface area contributed by atoms with Gasteiger partial charge < -0.3 is 19.7 Å². The van der Waals surface area contributed by atoms with Crippen molar-refractivity contribution in [1.29, 1.82) is 0 Å². The van der Waals surface area contributed by atoms with E-state index in [-0.39, 0.29) is 10.8 Å².